The molecule has 1 N–H and O–H groups in total. The van der Waals surface area contributed by atoms with Crippen LogP contribution in [-0.4, -0.2) is 31.2 Å². The zero-order valence-corrected chi connectivity index (χ0v) is 14.0. The number of benzene rings is 2. The van der Waals surface area contributed by atoms with E-state index in [0.29, 0.717) is 39.8 Å². The Labute approximate surface area is 144 Å². The van der Waals surface area contributed by atoms with Crippen molar-refractivity contribution in [3.8, 4) is 28.5 Å². The van der Waals surface area contributed by atoms with Gasteiger partial charge in [-0.2, -0.15) is 10.4 Å². The number of carbonyl (C=O) groups is 1. The van der Waals surface area contributed by atoms with Crippen molar-refractivity contribution in [2.75, 3.05) is 6.26 Å². The molecule has 7 heteroatoms. The number of aromatic nitrogens is 2. The predicted molar refractivity (Wildman–Crippen MR) is 92.7 cm³/mol. The summed E-state index contributed by atoms with van der Waals surface area (Å²) in [4.78, 5) is 11.2. The van der Waals surface area contributed by atoms with Gasteiger partial charge in [-0.3, -0.25) is 9.89 Å². The number of hydrogen-bond donors (Lipinski definition) is 1. The largest absolute Gasteiger partial charge is 0.298 e. The Balaban J connectivity index is 2.20. The molecule has 124 valence electrons. The van der Waals surface area contributed by atoms with E-state index in [4.69, 9.17) is 5.26 Å². The predicted octanol–water partition coefficient (Wildman–Crippen LogP) is 2.83. The third kappa shape index (κ3) is 3.20. The lowest BCUT2D eigenvalue weighted by Gasteiger charge is -2.11. The second-order valence-corrected chi connectivity index (χ2v) is 7.47. The first-order chi connectivity index (χ1) is 11.9. The van der Waals surface area contributed by atoms with E-state index in [-0.39, 0.29) is 4.90 Å². The van der Waals surface area contributed by atoms with Crippen LogP contribution in [0.3, 0.4) is 0 Å². The first-order valence-electron chi connectivity index (χ1n) is 7.27. The normalized spacial score (nSPS) is 11.0. The Kier molecular flexibility index (Phi) is 4.21. The number of rotatable bonds is 4. The lowest BCUT2D eigenvalue weighted by Crippen LogP contribution is -2.01. The molecule has 0 atom stereocenters. The first kappa shape index (κ1) is 16.6. The van der Waals surface area contributed by atoms with Crippen LogP contribution in [0.4, 0.5) is 0 Å². The van der Waals surface area contributed by atoms with Crippen LogP contribution in [0, 0.1) is 11.3 Å². The van der Waals surface area contributed by atoms with Crippen molar-refractivity contribution in [1.29, 1.82) is 5.26 Å². The fourth-order valence-electron chi connectivity index (χ4n) is 2.56. The first-order valence-corrected chi connectivity index (χ1v) is 9.16. The van der Waals surface area contributed by atoms with E-state index in [1.807, 2.05) is 6.07 Å². The third-order valence-electron chi connectivity index (χ3n) is 3.79. The van der Waals surface area contributed by atoms with Crippen LogP contribution in [-0.2, 0) is 9.84 Å². The summed E-state index contributed by atoms with van der Waals surface area (Å²) in [5.74, 6) is 0. The van der Waals surface area contributed by atoms with Gasteiger partial charge in [0.15, 0.2) is 16.1 Å². The third-order valence-corrected chi connectivity index (χ3v) is 4.93. The lowest BCUT2D eigenvalue weighted by molar-refractivity contribution is 0.112. The summed E-state index contributed by atoms with van der Waals surface area (Å²) in [5, 5.41) is 15.4. The van der Waals surface area contributed by atoms with Crippen LogP contribution in [0.25, 0.3) is 22.4 Å². The number of carbonyl (C=O) groups excluding carboxylic acids is 1. The lowest BCUT2D eigenvalue weighted by atomic mass is 10.0. The molecular formula is C18H13N3O3S. The summed E-state index contributed by atoms with van der Waals surface area (Å²) in [6.07, 6.45) is 3.18. The summed E-state index contributed by atoms with van der Waals surface area (Å²) < 4.78 is 24.6. The summed E-state index contributed by atoms with van der Waals surface area (Å²) in [6, 6.07) is 13.6. The van der Waals surface area contributed by atoms with E-state index in [0.717, 1.165) is 6.26 Å². The zero-order chi connectivity index (χ0) is 18.0. The van der Waals surface area contributed by atoms with Crippen LogP contribution < -0.4 is 0 Å². The number of sulfone groups is 1. The number of aldehydes is 1. The minimum atomic E-state index is -3.52. The smallest absolute Gasteiger partial charge is 0.176 e. The number of nitrogens with zero attached hydrogens (tertiary/aromatic N) is 2. The van der Waals surface area contributed by atoms with E-state index in [1.165, 1.54) is 12.3 Å². The number of nitriles is 1. The van der Waals surface area contributed by atoms with Crippen molar-refractivity contribution in [2.24, 2.45) is 0 Å². The Morgan fingerprint density at radius 2 is 1.80 bits per heavy atom. The van der Waals surface area contributed by atoms with E-state index in [2.05, 4.69) is 10.2 Å². The van der Waals surface area contributed by atoms with Crippen molar-refractivity contribution in [3.05, 3.63) is 59.8 Å². The Hall–Kier alpha value is -3.24. The molecule has 1 heterocycles. The van der Waals surface area contributed by atoms with Crippen molar-refractivity contribution < 1.29 is 13.2 Å². The molecule has 0 saturated heterocycles. The van der Waals surface area contributed by atoms with Gasteiger partial charge in [0.05, 0.1) is 34.0 Å². The molecule has 0 bridgehead atoms. The molecule has 0 unspecified atom stereocenters. The highest BCUT2D eigenvalue weighted by Gasteiger charge is 2.18. The number of hydrogen-bond acceptors (Lipinski definition) is 5. The van der Waals surface area contributed by atoms with Gasteiger partial charge in [-0.05, 0) is 23.8 Å². The highest BCUT2D eigenvalue weighted by atomic mass is 32.2. The highest BCUT2D eigenvalue weighted by Crippen LogP contribution is 2.32. The van der Waals surface area contributed by atoms with Crippen molar-refractivity contribution in [1.82, 2.24) is 10.2 Å². The Bertz CT molecular complexity index is 1090. The van der Waals surface area contributed by atoms with Crippen molar-refractivity contribution in [3.63, 3.8) is 0 Å². The average Bonchev–Trinajstić information content (AvgIpc) is 3.09. The summed E-state index contributed by atoms with van der Waals surface area (Å²) in [5.41, 5.74) is 3.08. The number of H-pyrrole nitrogens is 1. The van der Waals surface area contributed by atoms with Gasteiger partial charge >= 0.3 is 0 Å². The highest BCUT2D eigenvalue weighted by molar-refractivity contribution is 7.90. The maximum absolute atomic E-state index is 12.3. The Morgan fingerprint density at radius 1 is 1.12 bits per heavy atom. The van der Waals surface area contributed by atoms with Gasteiger partial charge in [0.25, 0.3) is 0 Å². The molecule has 3 rings (SSSR count). The molecule has 1 aromatic heterocycles. The molecule has 0 amide bonds. The van der Waals surface area contributed by atoms with E-state index >= 15 is 0 Å². The molecule has 0 aliphatic heterocycles. The van der Waals surface area contributed by atoms with Crippen LogP contribution in [0.1, 0.15) is 15.9 Å². The molecule has 2 aromatic carbocycles. The summed E-state index contributed by atoms with van der Waals surface area (Å²) >= 11 is 0. The average molecular weight is 351 g/mol. The molecule has 3 aromatic rings. The molecule has 0 spiro atoms. The Morgan fingerprint density at radius 3 is 2.40 bits per heavy atom. The maximum Gasteiger partial charge on any atom is 0.176 e. The second kappa shape index (κ2) is 6.34. The van der Waals surface area contributed by atoms with Gasteiger partial charge in [-0.25, -0.2) is 8.42 Å². The molecule has 0 aliphatic rings. The van der Waals surface area contributed by atoms with E-state index in [1.54, 1.807) is 36.4 Å². The molecule has 0 radical (unpaired) electrons. The van der Waals surface area contributed by atoms with Crippen LogP contribution in [0.2, 0.25) is 0 Å². The zero-order valence-electron chi connectivity index (χ0n) is 13.2. The van der Waals surface area contributed by atoms with Gasteiger partial charge in [0.2, 0.25) is 0 Å². The summed E-state index contributed by atoms with van der Waals surface area (Å²) in [7, 11) is -3.52. The number of nitrogens with one attached hydrogen (secondary N) is 1. The second-order valence-electron chi connectivity index (χ2n) is 5.49. The molecule has 0 fully saturated rings. The van der Waals surface area contributed by atoms with Crippen LogP contribution in [0.15, 0.2) is 53.6 Å². The molecule has 0 saturated carbocycles. The van der Waals surface area contributed by atoms with E-state index < -0.39 is 9.84 Å². The van der Waals surface area contributed by atoms with Crippen LogP contribution >= 0.6 is 0 Å². The van der Waals surface area contributed by atoms with Gasteiger partial charge < -0.3 is 0 Å². The van der Waals surface area contributed by atoms with Crippen LogP contribution in [0.5, 0.6) is 0 Å². The topological polar surface area (TPSA) is 104 Å². The van der Waals surface area contributed by atoms with Gasteiger partial charge in [0, 0.05) is 17.4 Å². The van der Waals surface area contributed by atoms with E-state index in [9.17, 15) is 13.2 Å². The van der Waals surface area contributed by atoms with Gasteiger partial charge in [-0.15, -0.1) is 0 Å². The SMILES string of the molecule is CS(=O)(=O)c1cc(-c2[nH]ncc2C=O)ccc1-c1ccc(C#N)cc1. The minimum Gasteiger partial charge on any atom is -0.298 e. The monoisotopic (exact) mass is 351 g/mol. The summed E-state index contributed by atoms with van der Waals surface area (Å²) in [6.45, 7) is 0. The molecule has 6 nitrogen and oxygen atoms in total. The number of aromatic amines is 1. The fourth-order valence-corrected chi connectivity index (χ4v) is 3.49. The van der Waals surface area contributed by atoms with Crippen molar-refractivity contribution >= 4 is 16.1 Å². The molecule has 25 heavy (non-hydrogen) atoms. The maximum atomic E-state index is 12.3. The fraction of sp³-hybridized carbons (Fsp3) is 0.0556. The molecular weight excluding hydrogens is 338 g/mol. The minimum absolute atomic E-state index is 0.140. The van der Waals surface area contributed by atoms with Gasteiger partial charge in [-0.1, -0.05) is 24.3 Å². The van der Waals surface area contributed by atoms with Crippen molar-refractivity contribution in [2.45, 2.75) is 4.90 Å². The molecule has 0 aliphatic carbocycles. The standard InChI is InChI=1S/C18H13N3O3S/c1-25(23,24)17-8-14(18-15(11-22)10-20-21-18)6-7-16(17)13-4-2-12(9-19)3-5-13/h2-8,10-11H,1H3,(H,20,21). The van der Waals surface area contributed by atoms with Gasteiger partial charge in [0.1, 0.15) is 0 Å². The quantitative estimate of drug-likeness (QED) is 0.728.